The molecule has 3 heteroatoms. The van der Waals surface area contributed by atoms with Crippen LogP contribution in [-0.2, 0) is 0 Å². The third-order valence-corrected chi connectivity index (χ3v) is 10.3. The van der Waals surface area contributed by atoms with Gasteiger partial charge in [-0.3, -0.25) is 0 Å². The molecule has 0 amide bonds. The predicted octanol–water partition coefficient (Wildman–Crippen LogP) is 7.86. The molecule has 0 aliphatic carbocycles. The maximum atomic E-state index is 2.29. The van der Waals surface area contributed by atoms with E-state index in [1.807, 2.05) is 0 Å². The molecule has 3 aromatic rings. The molecule has 0 bridgehead atoms. The summed E-state index contributed by atoms with van der Waals surface area (Å²) in [5.74, 6) is 2.47. The minimum absolute atomic E-state index is 0.438. The van der Waals surface area contributed by atoms with Gasteiger partial charge >= 0.3 is 180 Å². The van der Waals surface area contributed by atoms with Crippen LogP contribution in [-0.4, -0.2) is 26.0 Å². The minimum atomic E-state index is 0.438. The fourth-order valence-corrected chi connectivity index (χ4v) is 9.66. The van der Waals surface area contributed by atoms with Crippen LogP contribution in [0.25, 0.3) is 22.3 Å². The molecule has 0 spiro atoms. The van der Waals surface area contributed by atoms with Crippen molar-refractivity contribution in [1.82, 2.24) is 0 Å². The fraction of sp³-hybridized carbons (Fsp3) is 0.333. The monoisotopic (exact) mass is 460 g/mol. The van der Waals surface area contributed by atoms with E-state index in [-0.39, 0.29) is 0 Å². The molecule has 2 aromatic carbocycles. The van der Waals surface area contributed by atoms with Crippen molar-refractivity contribution in [1.29, 1.82) is 0 Å². The molecule has 3 rings (SSSR count). The summed E-state index contributed by atoms with van der Waals surface area (Å²) in [5.41, 5.74) is 5.76. The first-order valence-corrected chi connectivity index (χ1v) is 13.6. The molecule has 0 saturated carbocycles. The summed E-state index contributed by atoms with van der Waals surface area (Å²) >= 11 is 4.65. The average molecular weight is 460 g/mol. The zero-order chi connectivity index (χ0) is 18.9. The van der Waals surface area contributed by atoms with Gasteiger partial charge in [-0.05, 0) is 0 Å². The van der Waals surface area contributed by atoms with E-state index in [2.05, 4.69) is 98.0 Å². The molecule has 0 unspecified atom stereocenters. The van der Waals surface area contributed by atoms with Gasteiger partial charge in [0, 0.05) is 0 Å². The second kappa shape index (κ2) is 11.2. The number of hydrogen-bond donors (Lipinski definition) is 0. The van der Waals surface area contributed by atoms with Crippen LogP contribution in [0.2, 0.25) is 0 Å². The van der Waals surface area contributed by atoms with Gasteiger partial charge in [0.15, 0.2) is 0 Å². The van der Waals surface area contributed by atoms with Crippen molar-refractivity contribution in [3.05, 3.63) is 60.7 Å². The van der Waals surface area contributed by atoms with Gasteiger partial charge in [-0.25, -0.2) is 0 Å². The van der Waals surface area contributed by atoms with Gasteiger partial charge in [0.05, 0.1) is 0 Å². The fourth-order valence-electron chi connectivity index (χ4n) is 2.95. The van der Waals surface area contributed by atoms with Crippen LogP contribution in [0.3, 0.4) is 0 Å². The number of hydrogen-bond acceptors (Lipinski definition) is 2. The van der Waals surface area contributed by atoms with Crippen LogP contribution in [0.15, 0.2) is 68.2 Å². The van der Waals surface area contributed by atoms with E-state index in [1.54, 1.807) is 7.54 Å². The SMILES string of the molecule is CCCCSc1[se]c(SCCCC)c(-c2ccccc2)c1-c1ccccc1. The number of rotatable bonds is 10. The van der Waals surface area contributed by atoms with Crippen LogP contribution in [0.5, 0.6) is 0 Å². The summed E-state index contributed by atoms with van der Waals surface area (Å²) in [5, 5.41) is 0. The standard InChI is InChI=1S/C24H28S2Se/c1-3-5-17-25-23-21(19-13-9-7-10-14-19)22(20-15-11-8-12-16-20)24(27-23)26-18-6-4-2/h7-16H,3-6,17-18H2,1-2H3. The van der Waals surface area contributed by atoms with Crippen molar-refractivity contribution < 1.29 is 0 Å². The molecule has 0 nitrogen and oxygen atoms in total. The molecule has 0 radical (unpaired) electrons. The van der Waals surface area contributed by atoms with E-state index in [0.717, 1.165) is 0 Å². The van der Waals surface area contributed by atoms with E-state index in [9.17, 15) is 0 Å². The van der Waals surface area contributed by atoms with Gasteiger partial charge < -0.3 is 0 Å². The first kappa shape index (κ1) is 20.9. The van der Waals surface area contributed by atoms with Crippen LogP contribution in [0.4, 0.5) is 0 Å². The summed E-state index contributed by atoms with van der Waals surface area (Å²) in [6, 6.07) is 22.1. The second-order valence-electron chi connectivity index (χ2n) is 6.56. The van der Waals surface area contributed by atoms with Gasteiger partial charge in [-0.15, -0.1) is 0 Å². The molecule has 1 aromatic heterocycles. The Morgan fingerprint density at radius 2 is 1.04 bits per heavy atom. The summed E-state index contributed by atoms with van der Waals surface area (Å²) < 4.78 is 3.25. The normalized spacial score (nSPS) is 11.0. The van der Waals surface area contributed by atoms with Crippen molar-refractivity contribution in [2.45, 2.75) is 47.1 Å². The average Bonchev–Trinajstić information content (AvgIpc) is 3.08. The van der Waals surface area contributed by atoms with Crippen LogP contribution < -0.4 is 0 Å². The molecule has 0 atom stereocenters. The molecule has 1 heterocycles. The maximum absolute atomic E-state index is 2.29. The Kier molecular flexibility index (Phi) is 8.67. The Morgan fingerprint density at radius 3 is 1.41 bits per heavy atom. The molecule has 0 aliphatic rings. The molecule has 142 valence electrons. The molecule has 0 saturated heterocycles. The quantitative estimate of drug-likeness (QED) is 0.172. The van der Waals surface area contributed by atoms with Crippen LogP contribution in [0.1, 0.15) is 39.5 Å². The van der Waals surface area contributed by atoms with E-state index >= 15 is 0 Å². The Morgan fingerprint density at radius 1 is 0.630 bits per heavy atom. The number of unbranched alkanes of at least 4 members (excludes halogenated alkanes) is 2. The van der Waals surface area contributed by atoms with Gasteiger partial charge in [-0.1, -0.05) is 0 Å². The van der Waals surface area contributed by atoms with Gasteiger partial charge in [0.25, 0.3) is 0 Å². The Hall–Kier alpha value is -0.861. The van der Waals surface area contributed by atoms with Crippen molar-refractivity contribution in [3.63, 3.8) is 0 Å². The Balaban J connectivity index is 2.10. The molecule has 0 N–H and O–H groups in total. The topological polar surface area (TPSA) is 0 Å². The first-order chi connectivity index (χ1) is 13.3. The number of thioether (sulfide) groups is 2. The second-order valence-corrected chi connectivity index (χ2v) is 12.1. The zero-order valence-corrected chi connectivity index (χ0v) is 19.6. The molecule has 0 fully saturated rings. The van der Waals surface area contributed by atoms with E-state index in [1.165, 1.54) is 59.4 Å². The van der Waals surface area contributed by atoms with Gasteiger partial charge in [-0.2, -0.15) is 0 Å². The molecule has 0 aliphatic heterocycles. The van der Waals surface area contributed by atoms with E-state index in [0.29, 0.717) is 14.5 Å². The summed E-state index contributed by atoms with van der Waals surface area (Å²) in [4.78, 5) is 0. The summed E-state index contributed by atoms with van der Waals surface area (Å²) in [6.07, 6.45) is 5.13. The molecule has 27 heavy (non-hydrogen) atoms. The van der Waals surface area contributed by atoms with Crippen LogP contribution >= 0.6 is 23.5 Å². The molecular formula is C24H28S2Se. The van der Waals surface area contributed by atoms with Crippen molar-refractivity contribution in [2.75, 3.05) is 11.5 Å². The van der Waals surface area contributed by atoms with Crippen molar-refractivity contribution in [2.24, 2.45) is 0 Å². The third kappa shape index (κ3) is 5.57. The van der Waals surface area contributed by atoms with Gasteiger partial charge in [0.1, 0.15) is 0 Å². The van der Waals surface area contributed by atoms with E-state index < -0.39 is 0 Å². The molecular weight excluding hydrogens is 431 g/mol. The van der Waals surface area contributed by atoms with Crippen molar-refractivity contribution in [3.8, 4) is 22.3 Å². The van der Waals surface area contributed by atoms with E-state index in [4.69, 9.17) is 0 Å². The Labute approximate surface area is 178 Å². The first-order valence-electron chi connectivity index (χ1n) is 9.88. The zero-order valence-electron chi connectivity index (χ0n) is 16.2. The van der Waals surface area contributed by atoms with Crippen molar-refractivity contribution >= 4 is 38.0 Å². The third-order valence-electron chi connectivity index (χ3n) is 4.43. The summed E-state index contributed by atoms with van der Waals surface area (Å²) in [6.45, 7) is 4.57. The Bertz CT molecular complexity index is 741. The van der Waals surface area contributed by atoms with Gasteiger partial charge in [0.2, 0.25) is 0 Å². The number of benzene rings is 2. The summed E-state index contributed by atoms with van der Waals surface area (Å²) in [7, 11) is 0. The van der Waals surface area contributed by atoms with Crippen LogP contribution in [0, 0.1) is 0 Å². The predicted molar refractivity (Wildman–Crippen MR) is 126 cm³/mol.